The highest BCUT2D eigenvalue weighted by Crippen LogP contribution is 2.25. The molecule has 0 aromatic heterocycles. The molecule has 0 amide bonds. The van der Waals surface area contributed by atoms with Gasteiger partial charge in [-0.2, -0.15) is 5.26 Å². The maximum atomic E-state index is 13.1. The second-order valence-corrected chi connectivity index (χ2v) is 5.16. The minimum absolute atomic E-state index is 0.0826. The van der Waals surface area contributed by atoms with Crippen LogP contribution < -0.4 is 0 Å². The van der Waals surface area contributed by atoms with Crippen LogP contribution >= 0.6 is 23.4 Å². The summed E-state index contributed by atoms with van der Waals surface area (Å²) in [5.41, 5.74) is 0.997. The fraction of sp³-hybridized carbons (Fsp3) is 0.0714. The quantitative estimate of drug-likeness (QED) is 0.763. The Hall–Kier alpha value is -1.50. The molecule has 0 N–H and O–H groups in total. The van der Waals surface area contributed by atoms with E-state index in [-0.39, 0.29) is 5.56 Å². The van der Waals surface area contributed by atoms with Crippen molar-refractivity contribution in [2.24, 2.45) is 0 Å². The highest BCUT2D eigenvalue weighted by Gasteiger charge is 2.03. The van der Waals surface area contributed by atoms with Gasteiger partial charge in [-0.15, -0.1) is 11.8 Å². The van der Waals surface area contributed by atoms with Gasteiger partial charge < -0.3 is 0 Å². The van der Waals surface area contributed by atoms with E-state index < -0.39 is 5.82 Å². The van der Waals surface area contributed by atoms with E-state index in [1.54, 1.807) is 23.9 Å². The average Bonchev–Trinajstić information content (AvgIpc) is 2.38. The van der Waals surface area contributed by atoms with E-state index in [4.69, 9.17) is 16.9 Å². The molecule has 2 aromatic carbocycles. The van der Waals surface area contributed by atoms with Gasteiger partial charge in [0.2, 0.25) is 0 Å². The van der Waals surface area contributed by atoms with Gasteiger partial charge in [0.15, 0.2) is 0 Å². The van der Waals surface area contributed by atoms with Crippen molar-refractivity contribution >= 4 is 23.4 Å². The molecule has 18 heavy (non-hydrogen) atoms. The molecule has 0 bridgehead atoms. The molecule has 2 aromatic rings. The molecule has 0 unspecified atom stereocenters. The van der Waals surface area contributed by atoms with Crippen molar-refractivity contribution in [3.63, 3.8) is 0 Å². The second kappa shape index (κ2) is 5.90. The maximum Gasteiger partial charge on any atom is 0.140 e. The lowest BCUT2D eigenvalue weighted by Crippen LogP contribution is -1.87. The third-order valence-electron chi connectivity index (χ3n) is 2.35. The number of benzene rings is 2. The number of nitrogens with zero attached hydrogens (tertiary/aromatic N) is 1. The molecular formula is C14H9ClFNS. The Morgan fingerprint density at radius 3 is 2.78 bits per heavy atom. The van der Waals surface area contributed by atoms with Crippen molar-refractivity contribution in [3.8, 4) is 6.07 Å². The Morgan fingerprint density at radius 2 is 2.06 bits per heavy atom. The number of hydrogen-bond acceptors (Lipinski definition) is 2. The number of thioether (sulfide) groups is 1. The van der Waals surface area contributed by atoms with Crippen molar-refractivity contribution in [3.05, 3.63) is 64.4 Å². The molecule has 2 rings (SSSR count). The molecule has 0 radical (unpaired) electrons. The first-order chi connectivity index (χ1) is 8.69. The Kier molecular flexibility index (Phi) is 4.24. The van der Waals surface area contributed by atoms with E-state index in [1.165, 1.54) is 6.07 Å². The van der Waals surface area contributed by atoms with Gasteiger partial charge in [-0.25, -0.2) is 4.39 Å². The molecule has 0 heterocycles. The van der Waals surface area contributed by atoms with Crippen molar-refractivity contribution in [1.29, 1.82) is 5.26 Å². The summed E-state index contributed by atoms with van der Waals surface area (Å²) in [6.07, 6.45) is 0. The van der Waals surface area contributed by atoms with E-state index in [0.717, 1.165) is 10.5 Å². The van der Waals surface area contributed by atoms with Crippen molar-refractivity contribution in [2.75, 3.05) is 0 Å². The smallest absolute Gasteiger partial charge is 0.140 e. The van der Waals surface area contributed by atoms with Crippen molar-refractivity contribution in [2.45, 2.75) is 10.6 Å². The monoisotopic (exact) mass is 277 g/mol. The molecule has 0 saturated heterocycles. The fourth-order valence-electron chi connectivity index (χ4n) is 1.47. The van der Waals surface area contributed by atoms with E-state index in [9.17, 15) is 4.39 Å². The van der Waals surface area contributed by atoms with Crippen LogP contribution in [0.15, 0.2) is 47.4 Å². The summed E-state index contributed by atoms with van der Waals surface area (Å²) in [6.45, 7) is 0. The van der Waals surface area contributed by atoms with Gasteiger partial charge in [0.05, 0.1) is 5.56 Å². The van der Waals surface area contributed by atoms with Gasteiger partial charge in [0, 0.05) is 15.7 Å². The topological polar surface area (TPSA) is 23.8 Å². The predicted octanol–water partition coefficient (Wildman–Crippen LogP) is 4.64. The highest BCUT2D eigenvalue weighted by atomic mass is 35.5. The van der Waals surface area contributed by atoms with Gasteiger partial charge >= 0.3 is 0 Å². The Labute approximate surface area is 114 Å². The maximum absolute atomic E-state index is 13.1. The van der Waals surface area contributed by atoms with Gasteiger partial charge in [0.25, 0.3) is 0 Å². The third kappa shape index (κ3) is 3.25. The van der Waals surface area contributed by atoms with Crippen molar-refractivity contribution in [1.82, 2.24) is 0 Å². The normalized spacial score (nSPS) is 10.1. The minimum Gasteiger partial charge on any atom is -0.206 e. The van der Waals surface area contributed by atoms with Gasteiger partial charge in [-0.1, -0.05) is 23.7 Å². The zero-order chi connectivity index (χ0) is 13.0. The van der Waals surface area contributed by atoms with Crippen LogP contribution in [0.3, 0.4) is 0 Å². The van der Waals surface area contributed by atoms with Crippen LogP contribution in [0.1, 0.15) is 11.1 Å². The van der Waals surface area contributed by atoms with Gasteiger partial charge in [-0.05, 0) is 35.9 Å². The minimum atomic E-state index is -0.478. The summed E-state index contributed by atoms with van der Waals surface area (Å²) in [4.78, 5) is 1.05. The Morgan fingerprint density at radius 1 is 1.22 bits per heavy atom. The van der Waals surface area contributed by atoms with Crippen LogP contribution in [0.4, 0.5) is 4.39 Å². The summed E-state index contributed by atoms with van der Waals surface area (Å²) in [7, 11) is 0. The molecule has 4 heteroatoms. The van der Waals surface area contributed by atoms with E-state index >= 15 is 0 Å². The predicted molar refractivity (Wildman–Crippen MR) is 72.1 cm³/mol. The molecule has 0 fully saturated rings. The molecule has 0 saturated carbocycles. The summed E-state index contributed by atoms with van der Waals surface area (Å²) < 4.78 is 13.1. The van der Waals surface area contributed by atoms with Crippen LogP contribution in [-0.4, -0.2) is 0 Å². The molecular weight excluding hydrogens is 269 g/mol. The summed E-state index contributed by atoms with van der Waals surface area (Å²) in [6, 6.07) is 14.0. The molecule has 1 nitrogen and oxygen atoms in total. The number of hydrogen-bond donors (Lipinski definition) is 0. The molecule has 0 atom stereocenters. The number of rotatable bonds is 3. The SMILES string of the molecule is N#Cc1cc(CSc2cccc(Cl)c2)ccc1F. The van der Waals surface area contributed by atoms with Gasteiger partial charge in [-0.3, -0.25) is 0 Å². The van der Waals surface area contributed by atoms with E-state index in [2.05, 4.69) is 0 Å². The lowest BCUT2D eigenvalue weighted by Gasteiger charge is -2.03. The van der Waals surface area contributed by atoms with Crippen LogP contribution in [-0.2, 0) is 5.75 Å². The highest BCUT2D eigenvalue weighted by molar-refractivity contribution is 7.98. The summed E-state index contributed by atoms with van der Waals surface area (Å²) >= 11 is 7.49. The molecule has 0 aliphatic rings. The first kappa shape index (κ1) is 12.9. The first-order valence-electron chi connectivity index (χ1n) is 5.26. The second-order valence-electron chi connectivity index (χ2n) is 3.67. The standard InChI is InChI=1S/C14H9ClFNS/c15-12-2-1-3-13(7-12)18-9-10-4-5-14(16)11(6-10)8-17/h1-7H,9H2. The number of nitriles is 1. The Bertz CT molecular complexity index is 607. The van der Waals surface area contributed by atoms with Gasteiger partial charge in [0.1, 0.15) is 11.9 Å². The lowest BCUT2D eigenvalue weighted by molar-refractivity contribution is 0.623. The first-order valence-corrected chi connectivity index (χ1v) is 6.62. The van der Waals surface area contributed by atoms with Crippen molar-refractivity contribution < 1.29 is 4.39 Å². The zero-order valence-corrected chi connectivity index (χ0v) is 10.9. The zero-order valence-electron chi connectivity index (χ0n) is 9.36. The van der Waals surface area contributed by atoms with Crippen LogP contribution in [0.5, 0.6) is 0 Å². The Balaban J connectivity index is 2.09. The largest absolute Gasteiger partial charge is 0.206 e. The third-order valence-corrected chi connectivity index (χ3v) is 3.65. The molecule has 0 spiro atoms. The molecule has 0 aliphatic carbocycles. The van der Waals surface area contributed by atoms with Crippen LogP contribution in [0.25, 0.3) is 0 Å². The molecule has 90 valence electrons. The number of halogens is 2. The van der Waals surface area contributed by atoms with Crippen LogP contribution in [0.2, 0.25) is 5.02 Å². The fourth-order valence-corrected chi connectivity index (χ4v) is 2.62. The summed E-state index contributed by atoms with van der Waals surface area (Å²) in [5, 5.41) is 9.44. The molecule has 0 aliphatic heterocycles. The van der Waals surface area contributed by atoms with E-state index in [0.29, 0.717) is 10.8 Å². The van der Waals surface area contributed by atoms with Crippen LogP contribution in [0, 0.1) is 17.1 Å². The average molecular weight is 278 g/mol. The van der Waals surface area contributed by atoms with E-state index in [1.807, 2.05) is 30.3 Å². The summed E-state index contributed by atoms with van der Waals surface area (Å²) in [5.74, 6) is 0.198. The lowest BCUT2D eigenvalue weighted by atomic mass is 10.1.